The van der Waals surface area contributed by atoms with Gasteiger partial charge >= 0.3 is 5.97 Å². The van der Waals surface area contributed by atoms with Crippen LogP contribution in [0.4, 0.5) is 8.78 Å². The number of rotatable bonds is 9. The van der Waals surface area contributed by atoms with E-state index in [0.717, 1.165) is 55.8 Å². The zero-order valence-corrected chi connectivity index (χ0v) is 24.4. The summed E-state index contributed by atoms with van der Waals surface area (Å²) >= 11 is 6.18. The molecule has 228 valence electrons. The smallest absolute Gasteiger partial charge is 0.335 e. The fourth-order valence-corrected chi connectivity index (χ4v) is 6.28. The Kier molecular flexibility index (Phi) is 7.69. The number of pyridine rings is 1. The van der Waals surface area contributed by atoms with Gasteiger partial charge in [0, 0.05) is 35.7 Å². The molecular formula is C32H29ClF2N4O5. The van der Waals surface area contributed by atoms with Gasteiger partial charge in [0.05, 0.1) is 46.5 Å². The highest BCUT2D eigenvalue weighted by molar-refractivity contribution is 6.35. The lowest BCUT2D eigenvalue weighted by molar-refractivity contribution is -0.0592. The molecule has 0 saturated carbocycles. The van der Waals surface area contributed by atoms with Crippen molar-refractivity contribution in [1.29, 1.82) is 0 Å². The number of ether oxygens (including phenoxy) is 2. The molecule has 0 unspecified atom stereocenters. The van der Waals surface area contributed by atoms with Gasteiger partial charge in [-0.2, -0.15) is 4.39 Å². The van der Waals surface area contributed by atoms with E-state index in [9.17, 15) is 14.3 Å². The maximum absolute atomic E-state index is 15.1. The highest BCUT2D eigenvalue weighted by atomic mass is 35.5. The number of imidazole rings is 1. The van der Waals surface area contributed by atoms with Crippen molar-refractivity contribution in [3.63, 3.8) is 0 Å². The molecule has 2 aliphatic heterocycles. The standard InChI is InChI=1S/C32H29ClF2N4O5/c33-23-3-1-20(30-22(23)14-27(35)44-30)17-43-31-24(34)5-9-36-29(31)18-6-10-38(11-7-18)16-28-37-25-4-2-19(32(40)41)13-26(25)39(28)15-21-8-12-42-21/h1-5,9,13-14,18,21H,6-8,10-12,15-17H2,(H,40,41)/t21-/m0/s1. The van der Waals surface area contributed by atoms with Crippen LogP contribution in [0.2, 0.25) is 5.02 Å². The van der Waals surface area contributed by atoms with E-state index in [2.05, 4.69) is 14.5 Å². The highest BCUT2D eigenvalue weighted by Crippen LogP contribution is 2.36. The van der Waals surface area contributed by atoms with Crippen LogP contribution in [0.5, 0.6) is 5.75 Å². The van der Waals surface area contributed by atoms with Crippen LogP contribution in [-0.4, -0.2) is 56.3 Å². The lowest BCUT2D eigenvalue weighted by Crippen LogP contribution is -2.35. The number of hydrogen-bond donors (Lipinski definition) is 1. The number of carbonyl (C=O) groups is 1. The number of carboxylic acids is 1. The van der Waals surface area contributed by atoms with Gasteiger partial charge in [-0.1, -0.05) is 17.7 Å². The molecule has 5 aromatic rings. The van der Waals surface area contributed by atoms with Gasteiger partial charge < -0.3 is 23.6 Å². The van der Waals surface area contributed by atoms with E-state index in [4.69, 9.17) is 30.5 Å². The fourth-order valence-electron chi connectivity index (χ4n) is 6.08. The van der Waals surface area contributed by atoms with Gasteiger partial charge in [0.2, 0.25) is 0 Å². The minimum atomic E-state index is -0.978. The van der Waals surface area contributed by atoms with E-state index in [-0.39, 0.29) is 35.5 Å². The summed E-state index contributed by atoms with van der Waals surface area (Å²) in [5, 5.41) is 10.3. The van der Waals surface area contributed by atoms with Crippen molar-refractivity contribution in [2.24, 2.45) is 0 Å². The maximum atomic E-state index is 15.1. The summed E-state index contributed by atoms with van der Waals surface area (Å²) in [6.45, 7) is 3.35. The summed E-state index contributed by atoms with van der Waals surface area (Å²) < 4.78 is 47.8. The molecule has 12 heteroatoms. The van der Waals surface area contributed by atoms with E-state index in [1.807, 2.05) is 0 Å². The van der Waals surface area contributed by atoms with Gasteiger partial charge in [0.25, 0.3) is 6.01 Å². The third-order valence-electron chi connectivity index (χ3n) is 8.53. The van der Waals surface area contributed by atoms with Crippen molar-refractivity contribution in [3.05, 3.63) is 88.2 Å². The number of halogens is 3. The van der Waals surface area contributed by atoms with Crippen molar-refractivity contribution in [2.45, 2.75) is 51.0 Å². The first-order chi connectivity index (χ1) is 21.3. The molecule has 9 nitrogen and oxygen atoms in total. The number of aromatic carboxylic acids is 1. The van der Waals surface area contributed by atoms with Crippen LogP contribution in [0.3, 0.4) is 0 Å². The quantitative estimate of drug-likeness (QED) is 0.197. The Morgan fingerprint density at radius 3 is 2.68 bits per heavy atom. The predicted molar refractivity (Wildman–Crippen MR) is 158 cm³/mol. The Balaban J connectivity index is 1.07. The van der Waals surface area contributed by atoms with Gasteiger partial charge in [0.1, 0.15) is 18.0 Å². The largest absolute Gasteiger partial charge is 0.484 e. The molecular weight excluding hydrogens is 594 g/mol. The third-order valence-corrected chi connectivity index (χ3v) is 8.86. The average Bonchev–Trinajstić information content (AvgIpc) is 3.55. The Bertz CT molecular complexity index is 1860. The molecule has 7 rings (SSSR count). The van der Waals surface area contributed by atoms with Crippen molar-refractivity contribution < 1.29 is 32.6 Å². The van der Waals surface area contributed by atoms with Gasteiger partial charge in [-0.05, 0) is 62.7 Å². The van der Waals surface area contributed by atoms with E-state index in [1.54, 1.807) is 30.3 Å². The van der Waals surface area contributed by atoms with E-state index >= 15 is 4.39 Å². The number of hydrogen-bond acceptors (Lipinski definition) is 7. The minimum absolute atomic E-state index is 0.0245. The molecule has 2 fully saturated rings. The Hall–Kier alpha value is -4.06. The number of nitrogens with zero attached hydrogens (tertiary/aromatic N) is 4. The molecule has 0 aliphatic carbocycles. The van der Waals surface area contributed by atoms with Gasteiger partial charge in [0.15, 0.2) is 11.6 Å². The summed E-state index contributed by atoms with van der Waals surface area (Å²) in [6.07, 6.45) is 3.95. The molecule has 44 heavy (non-hydrogen) atoms. The Labute approximate surface area is 256 Å². The topological polar surface area (TPSA) is 103 Å². The molecule has 0 bridgehead atoms. The molecule has 0 amide bonds. The summed E-state index contributed by atoms with van der Waals surface area (Å²) in [5.41, 5.74) is 3.12. The van der Waals surface area contributed by atoms with Gasteiger partial charge in [-0.3, -0.25) is 9.88 Å². The lowest BCUT2D eigenvalue weighted by atomic mass is 9.92. The van der Waals surface area contributed by atoms with Crippen molar-refractivity contribution in [2.75, 3.05) is 19.7 Å². The molecule has 2 aliphatic rings. The normalized spacial score (nSPS) is 17.8. The number of carboxylic acid groups (broad SMARTS) is 1. The maximum Gasteiger partial charge on any atom is 0.335 e. The minimum Gasteiger partial charge on any atom is -0.484 e. The van der Waals surface area contributed by atoms with Crippen molar-refractivity contribution >= 4 is 39.6 Å². The number of furan rings is 1. The molecule has 2 saturated heterocycles. The van der Waals surface area contributed by atoms with Crippen molar-refractivity contribution in [1.82, 2.24) is 19.4 Å². The van der Waals surface area contributed by atoms with E-state index in [0.29, 0.717) is 34.8 Å². The molecule has 1 atom stereocenters. The Morgan fingerprint density at radius 1 is 1.11 bits per heavy atom. The number of aromatic nitrogens is 3. The molecule has 1 N–H and O–H groups in total. The van der Waals surface area contributed by atoms with Crippen LogP contribution >= 0.6 is 11.6 Å². The average molecular weight is 623 g/mol. The van der Waals surface area contributed by atoms with Crippen LogP contribution < -0.4 is 4.74 Å². The van der Waals surface area contributed by atoms with Gasteiger partial charge in [-0.15, -0.1) is 0 Å². The van der Waals surface area contributed by atoms with Crippen LogP contribution in [0.1, 0.15) is 52.6 Å². The molecule has 3 aromatic heterocycles. The van der Waals surface area contributed by atoms with Crippen LogP contribution in [-0.2, 0) is 24.4 Å². The number of piperidine rings is 1. The second-order valence-electron chi connectivity index (χ2n) is 11.3. The van der Waals surface area contributed by atoms with Gasteiger partial charge in [-0.25, -0.2) is 14.2 Å². The number of benzene rings is 2. The predicted octanol–water partition coefficient (Wildman–Crippen LogP) is 6.55. The van der Waals surface area contributed by atoms with E-state index < -0.39 is 17.8 Å². The van der Waals surface area contributed by atoms with Crippen LogP contribution in [0.15, 0.2) is 53.1 Å². The van der Waals surface area contributed by atoms with Crippen LogP contribution in [0.25, 0.3) is 22.0 Å². The molecule has 2 aromatic carbocycles. The van der Waals surface area contributed by atoms with Crippen LogP contribution in [0, 0.1) is 11.8 Å². The first-order valence-electron chi connectivity index (χ1n) is 14.5. The molecule has 0 spiro atoms. The van der Waals surface area contributed by atoms with E-state index in [1.165, 1.54) is 18.3 Å². The van der Waals surface area contributed by atoms with Crippen molar-refractivity contribution in [3.8, 4) is 5.75 Å². The summed E-state index contributed by atoms with van der Waals surface area (Å²) in [7, 11) is 0. The zero-order chi connectivity index (χ0) is 30.4. The lowest BCUT2D eigenvalue weighted by Gasteiger charge is -2.32. The molecule has 0 radical (unpaired) electrons. The SMILES string of the molecule is O=C(O)c1ccc2nc(CN3CCC(c4nccc(F)c4OCc4ccc(Cl)c5cc(F)oc45)CC3)n(C[C@@H]3CCO3)c2c1. The second-order valence-corrected chi connectivity index (χ2v) is 11.7. The monoisotopic (exact) mass is 622 g/mol. The number of likely N-dealkylation sites (tertiary alicyclic amines) is 1. The fraction of sp³-hybridized carbons (Fsp3) is 0.344. The zero-order valence-electron chi connectivity index (χ0n) is 23.6. The first-order valence-corrected chi connectivity index (χ1v) is 14.9. The summed E-state index contributed by atoms with van der Waals surface area (Å²) in [5.74, 6) is -0.580. The second kappa shape index (κ2) is 11.8. The first kappa shape index (κ1) is 28.7. The summed E-state index contributed by atoms with van der Waals surface area (Å²) in [4.78, 5) is 23.3. The third kappa shape index (κ3) is 5.51. The summed E-state index contributed by atoms with van der Waals surface area (Å²) in [6, 6.07) is 10.0. The Morgan fingerprint density at radius 2 is 1.93 bits per heavy atom. The highest BCUT2D eigenvalue weighted by Gasteiger charge is 2.28. The molecule has 5 heterocycles. The number of fused-ring (bicyclic) bond motifs is 2.